The number of aromatic nitrogens is 4. The first-order valence-corrected chi connectivity index (χ1v) is 14.1. The van der Waals surface area contributed by atoms with Crippen molar-refractivity contribution in [2.45, 2.75) is 52.6 Å². The Bertz CT molecular complexity index is 1530. The van der Waals surface area contributed by atoms with Crippen molar-refractivity contribution in [1.29, 1.82) is 0 Å². The van der Waals surface area contributed by atoms with Crippen LogP contribution in [0.5, 0.6) is 5.75 Å². The largest absolute Gasteiger partial charge is 0.508 e. The SMILES string of the molecule is CC(C)c1nn(-c2c(Cl)cccc2Cl)c2nc(Cc3ccc(CN4CCN(C(C)C)CC4)c(O)c3)[nH]c(=O)c12. The zero-order valence-corrected chi connectivity index (χ0v) is 24.2. The smallest absolute Gasteiger partial charge is 0.262 e. The second-order valence-electron chi connectivity index (χ2n) is 10.8. The Hall–Kier alpha value is -2.91. The van der Waals surface area contributed by atoms with Crippen LogP contribution in [-0.4, -0.2) is 66.9 Å². The number of H-pyrrole nitrogens is 1. The molecule has 0 atom stereocenters. The highest BCUT2D eigenvalue weighted by molar-refractivity contribution is 6.37. The van der Waals surface area contributed by atoms with Crippen molar-refractivity contribution in [3.8, 4) is 11.4 Å². The molecule has 2 aromatic carbocycles. The molecular weight excluding hydrogens is 535 g/mol. The van der Waals surface area contributed by atoms with Crippen molar-refractivity contribution in [1.82, 2.24) is 29.5 Å². The molecule has 2 N–H and O–H groups in total. The number of piperazine rings is 1. The number of nitrogens with zero attached hydrogens (tertiary/aromatic N) is 5. The maximum atomic E-state index is 13.3. The van der Waals surface area contributed by atoms with Gasteiger partial charge in [-0.1, -0.05) is 55.2 Å². The molecule has 0 saturated carbocycles. The van der Waals surface area contributed by atoms with E-state index in [0.29, 0.717) is 57.3 Å². The molecule has 0 spiro atoms. The van der Waals surface area contributed by atoms with E-state index in [9.17, 15) is 9.90 Å². The van der Waals surface area contributed by atoms with E-state index in [0.717, 1.165) is 37.3 Å². The summed E-state index contributed by atoms with van der Waals surface area (Å²) in [6.07, 6.45) is 0.338. The van der Waals surface area contributed by atoms with Crippen molar-refractivity contribution >= 4 is 34.2 Å². The Morgan fingerprint density at radius 2 is 1.72 bits per heavy atom. The van der Waals surface area contributed by atoms with E-state index in [1.807, 2.05) is 26.0 Å². The number of phenolic OH excluding ortho intramolecular Hbond substituents is 1. The van der Waals surface area contributed by atoms with Crippen molar-refractivity contribution in [3.05, 3.63) is 79.4 Å². The predicted molar refractivity (Wildman–Crippen MR) is 156 cm³/mol. The summed E-state index contributed by atoms with van der Waals surface area (Å²) in [6, 6.07) is 11.5. The Kier molecular flexibility index (Phi) is 8.01. The summed E-state index contributed by atoms with van der Waals surface area (Å²) < 4.78 is 1.56. The van der Waals surface area contributed by atoms with E-state index < -0.39 is 0 Å². The molecule has 3 heterocycles. The van der Waals surface area contributed by atoms with Crippen molar-refractivity contribution < 1.29 is 5.11 Å². The number of aromatic hydroxyl groups is 1. The lowest BCUT2D eigenvalue weighted by Gasteiger charge is -2.37. The van der Waals surface area contributed by atoms with Crippen LogP contribution >= 0.6 is 23.2 Å². The van der Waals surface area contributed by atoms with Crippen LogP contribution in [-0.2, 0) is 13.0 Å². The number of benzene rings is 2. The third-order valence-corrected chi connectivity index (χ3v) is 7.97. The number of aromatic amines is 1. The van der Waals surface area contributed by atoms with Crippen LogP contribution in [0.1, 0.15) is 56.3 Å². The Balaban J connectivity index is 1.43. The van der Waals surface area contributed by atoms with Crippen LogP contribution < -0.4 is 5.56 Å². The van der Waals surface area contributed by atoms with E-state index in [1.165, 1.54) is 0 Å². The maximum Gasteiger partial charge on any atom is 0.262 e. The van der Waals surface area contributed by atoms with Crippen LogP contribution in [0.2, 0.25) is 10.0 Å². The van der Waals surface area contributed by atoms with Crippen molar-refractivity contribution in [3.63, 3.8) is 0 Å². The number of para-hydroxylation sites is 1. The molecular formula is C29H34Cl2N6O2. The third-order valence-electron chi connectivity index (χ3n) is 7.36. The van der Waals surface area contributed by atoms with Gasteiger partial charge < -0.3 is 10.1 Å². The molecule has 1 aliphatic rings. The average molecular weight is 570 g/mol. The lowest BCUT2D eigenvalue weighted by atomic mass is 10.1. The second-order valence-corrected chi connectivity index (χ2v) is 11.6. The van der Waals surface area contributed by atoms with Gasteiger partial charge in [0.1, 0.15) is 22.6 Å². The molecule has 39 heavy (non-hydrogen) atoms. The van der Waals surface area contributed by atoms with Crippen LogP contribution in [0.15, 0.2) is 41.2 Å². The van der Waals surface area contributed by atoms with Crippen molar-refractivity contribution in [2.75, 3.05) is 26.2 Å². The Labute approximate surface area is 238 Å². The predicted octanol–water partition coefficient (Wildman–Crippen LogP) is 5.36. The van der Waals surface area contributed by atoms with Crippen LogP contribution in [0, 0.1) is 0 Å². The first-order chi connectivity index (χ1) is 18.6. The quantitative estimate of drug-likeness (QED) is 0.312. The molecule has 0 bridgehead atoms. The maximum absolute atomic E-state index is 13.3. The van der Waals surface area contributed by atoms with Crippen LogP contribution in [0.4, 0.5) is 0 Å². The molecule has 1 aliphatic heterocycles. The van der Waals surface area contributed by atoms with Gasteiger partial charge in [-0.05, 0) is 43.5 Å². The molecule has 4 aromatic rings. The topological polar surface area (TPSA) is 90.3 Å². The Morgan fingerprint density at radius 3 is 2.33 bits per heavy atom. The second kappa shape index (κ2) is 11.3. The monoisotopic (exact) mass is 568 g/mol. The van der Waals surface area contributed by atoms with Gasteiger partial charge >= 0.3 is 0 Å². The summed E-state index contributed by atoms with van der Waals surface area (Å²) in [5.74, 6) is 0.697. The first-order valence-electron chi connectivity index (χ1n) is 13.4. The summed E-state index contributed by atoms with van der Waals surface area (Å²) in [7, 11) is 0. The van der Waals surface area contributed by atoms with Gasteiger partial charge in [-0.2, -0.15) is 5.10 Å². The van der Waals surface area contributed by atoms with Gasteiger partial charge in [0.05, 0.1) is 15.7 Å². The van der Waals surface area contributed by atoms with E-state index in [4.69, 9.17) is 33.3 Å². The molecule has 5 rings (SSSR count). The van der Waals surface area contributed by atoms with Gasteiger partial charge in [-0.15, -0.1) is 0 Å². The molecule has 8 nitrogen and oxygen atoms in total. The standard InChI is InChI=1S/C29H34Cl2N6O2/c1-17(2)26-25-28(37(34-26)27-21(30)6-5-7-22(27)31)32-24(33-29(25)39)15-19-8-9-20(23(38)14-19)16-35-10-12-36(13-11-35)18(3)4/h5-9,14,17-18,38H,10-13,15-16H2,1-4H3,(H,32,33,39). The summed E-state index contributed by atoms with van der Waals surface area (Å²) in [5, 5.41) is 16.8. The minimum atomic E-state index is -0.269. The summed E-state index contributed by atoms with van der Waals surface area (Å²) in [6.45, 7) is 13.1. The number of fused-ring (bicyclic) bond motifs is 1. The number of nitrogens with one attached hydrogen (secondary N) is 1. The number of hydrogen-bond acceptors (Lipinski definition) is 6. The lowest BCUT2D eigenvalue weighted by molar-refractivity contribution is 0.103. The third kappa shape index (κ3) is 5.70. The van der Waals surface area contributed by atoms with E-state index in [1.54, 1.807) is 28.9 Å². The molecule has 0 amide bonds. The van der Waals surface area contributed by atoms with E-state index >= 15 is 0 Å². The summed E-state index contributed by atoms with van der Waals surface area (Å²) in [5.41, 5.74) is 2.97. The lowest BCUT2D eigenvalue weighted by Crippen LogP contribution is -2.48. The normalized spacial score (nSPS) is 15.2. The molecule has 0 aliphatic carbocycles. The molecule has 0 unspecified atom stereocenters. The fourth-order valence-corrected chi connectivity index (χ4v) is 5.71. The van der Waals surface area contributed by atoms with E-state index in [-0.39, 0.29) is 17.2 Å². The van der Waals surface area contributed by atoms with Gasteiger partial charge in [-0.3, -0.25) is 14.6 Å². The number of halogens is 2. The molecule has 0 radical (unpaired) electrons. The molecule has 1 saturated heterocycles. The minimum absolute atomic E-state index is 0.0124. The minimum Gasteiger partial charge on any atom is -0.508 e. The van der Waals surface area contributed by atoms with Gasteiger partial charge in [0.25, 0.3) is 5.56 Å². The number of rotatable bonds is 7. The Morgan fingerprint density at radius 1 is 1.03 bits per heavy atom. The highest BCUT2D eigenvalue weighted by atomic mass is 35.5. The molecule has 2 aromatic heterocycles. The number of phenols is 1. The van der Waals surface area contributed by atoms with Crippen molar-refractivity contribution in [2.24, 2.45) is 0 Å². The van der Waals surface area contributed by atoms with Gasteiger partial charge in [0.2, 0.25) is 0 Å². The summed E-state index contributed by atoms with van der Waals surface area (Å²) >= 11 is 13.0. The van der Waals surface area contributed by atoms with Gasteiger partial charge in [-0.25, -0.2) is 9.67 Å². The van der Waals surface area contributed by atoms with E-state index in [2.05, 4.69) is 28.6 Å². The zero-order chi connectivity index (χ0) is 27.8. The number of hydrogen-bond donors (Lipinski definition) is 2. The van der Waals surface area contributed by atoms with Crippen LogP contribution in [0.25, 0.3) is 16.7 Å². The molecule has 10 heteroatoms. The fraction of sp³-hybridized carbons (Fsp3) is 0.414. The van der Waals surface area contributed by atoms with Crippen LogP contribution in [0.3, 0.4) is 0 Å². The molecule has 1 fully saturated rings. The highest BCUT2D eigenvalue weighted by Gasteiger charge is 2.23. The highest BCUT2D eigenvalue weighted by Crippen LogP contribution is 2.32. The average Bonchev–Trinajstić information content (AvgIpc) is 3.26. The van der Waals surface area contributed by atoms with Gasteiger partial charge in [0, 0.05) is 50.7 Å². The van der Waals surface area contributed by atoms with Gasteiger partial charge in [0.15, 0.2) is 5.65 Å². The molecule has 206 valence electrons. The first kappa shape index (κ1) is 27.6. The zero-order valence-electron chi connectivity index (χ0n) is 22.7. The fourth-order valence-electron chi connectivity index (χ4n) is 5.16. The summed E-state index contributed by atoms with van der Waals surface area (Å²) in [4.78, 5) is 25.8.